The van der Waals surface area contributed by atoms with E-state index in [4.69, 9.17) is 18.9 Å². The molecule has 2 saturated heterocycles. The zero-order chi connectivity index (χ0) is 42.7. The number of fused-ring (bicyclic) bond motifs is 7. The summed E-state index contributed by atoms with van der Waals surface area (Å²) in [5.41, 5.74) is -2.98. The van der Waals surface area contributed by atoms with Crippen molar-refractivity contribution in [2.75, 3.05) is 19.8 Å². The minimum Gasteiger partial charge on any atom is -0.481 e. The van der Waals surface area contributed by atoms with Crippen LogP contribution in [0.25, 0.3) is 0 Å². The Morgan fingerprint density at radius 2 is 1.29 bits per heavy atom. The Hall–Kier alpha value is -1.35. The van der Waals surface area contributed by atoms with E-state index in [-0.39, 0.29) is 36.2 Å². The molecular formula is C42H68O16. The second kappa shape index (κ2) is 15.2. The summed E-state index contributed by atoms with van der Waals surface area (Å²) in [5.74, 6) is -1.40. The van der Waals surface area contributed by atoms with Gasteiger partial charge in [0.05, 0.1) is 43.5 Å². The monoisotopic (exact) mass is 828 g/mol. The van der Waals surface area contributed by atoms with E-state index in [1.807, 2.05) is 20.8 Å². The van der Waals surface area contributed by atoms with E-state index in [1.165, 1.54) is 0 Å². The summed E-state index contributed by atoms with van der Waals surface area (Å²) in [7, 11) is 0. The summed E-state index contributed by atoms with van der Waals surface area (Å²) in [6.45, 7) is 11.0. The van der Waals surface area contributed by atoms with Gasteiger partial charge in [0.2, 0.25) is 0 Å². The van der Waals surface area contributed by atoms with E-state index in [9.17, 15) is 61.0 Å². The molecule has 0 aromatic carbocycles. The molecule has 16 nitrogen and oxygen atoms in total. The van der Waals surface area contributed by atoms with Crippen molar-refractivity contribution in [3.63, 3.8) is 0 Å². The first-order valence-corrected chi connectivity index (χ1v) is 21.2. The topological polar surface area (TPSA) is 277 Å². The van der Waals surface area contributed by atoms with Gasteiger partial charge in [-0.2, -0.15) is 0 Å². The largest absolute Gasteiger partial charge is 0.481 e. The number of aliphatic carboxylic acids is 1. The molecule has 2 heterocycles. The van der Waals surface area contributed by atoms with Crippen LogP contribution >= 0.6 is 0 Å². The molecule has 6 fully saturated rings. The van der Waals surface area contributed by atoms with Gasteiger partial charge in [-0.3, -0.25) is 4.79 Å². The Morgan fingerprint density at radius 1 is 0.724 bits per heavy atom. The smallest absolute Gasteiger partial charge is 0.310 e. The Bertz CT molecular complexity index is 1570. The van der Waals surface area contributed by atoms with Crippen LogP contribution in [-0.2, 0) is 23.7 Å². The summed E-state index contributed by atoms with van der Waals surface area (Å²) in [6, 6.07) is 0. The van der Waals surface area contributed by atoms with Crippen molar-refractivity contribution in [1.82, 2.24) is 0 Å². The van der Waals surface area contributed by atoms with Gasteiger partial charge in [0.15, 0.2) is 12.6 Å². The third-order valence-electron chi connectivity index (χ3n) is 17.5. The van der Waals surface area contributed by atoms with Gasteiger partial charge in [-0.15, -0.1) is 0 Å². The van der Waals surface area contributed by atoms with E-state index >= 15 is 0 Å². The third kappa shape index (κ3) is 6.33. The molecule has 16 heteroatoms. The lowest BCUT2D eigenvalue weighted by Gasteiger charge is -2.72. The van der Waals surface area contributed by atoms with Gasteiger partial charge < -0.3 is 75.1 Å². The molecule has 0 aromatic heterocycles. The lowest BCUT2D eigenvalue weighted by atomic mass is 9.33. The highest BCUT2D eigenvalue weighted by molar-refractivity contribution is 5.77. The minimum atomic E-state index is -1.67. The zero-order valence-electron chi connectivity index (χ0n) is 34.6. The highest BCUT2D eigenvalue weighted by atomic mass is 16.7. The summed E-state index contributed by atoms with van der Waals surface area (Å²) in [6.07, 6.45) is -11.6. The van der Waals surface area contributed by atoms with Gasteiger partial charge in [0, 0.05) is 5.41 Å². The molecule has 0 unspecified atom stereocenters. The van der Waals surface area contributed by atoms with Crippen LogP contribution in [0.4, 0.5) is 0 Å². The number of carboxylic acids is 1. The van der Waals surface area contributed by atoms with Crippen LogP contribution < -0.4 is 0 Å². The standard InChI is InChI=1S/C42H68O16/c1-37(2)13-20-19-7-8-25-38(3)14-21(46)33(58-35-32(52)30(50)28(48)23(17-44)56-35)39(4,18-45)24(38)9-10-41(25,6)40(19,5)11-12-42(20,36(53)54)15-26(37)57-34-31(51)29(49)27(47)22(16-43)55-34/h7,20-35,43-52H,8-18H2,1-6H3,(H,53,54)/t20-,21+,22+,23+,24+,25+,26-,27+,28+,29-,30-,31+,32+,33-,34-,35-,38-,39-,40+,41+,42+/m0/s1. The maximum Gasteiger partial charge on any atom is 0.310 e. The van der Waals surface area contributed by atoms with E-state index < -0.39 is 126 Å². The summed E-state index contributed by atoms with van der Waals surface area (Å²) in [4.78, 5) is 13.6. The first-order valence-electron chi connectivity index (χ1n) is 21.2. The SMILES string of the molecule is CC1(C)C[C@H]2C3=CC[C@@H]4[C@@]5(C)C[C@@H](O)[C@H](O[C@@H]6O[C@H](CO)[C@@H](O)[C@H](O)[C@H]6O)[C@@](C)(CO)[C@@H]5CC[C@@]4(C)[C@]3(C)CC[C@@]2(C(=O)O)C[C@@H]1O[C@@H]1O[C@H](CO)[C@@H](O)[C@H](O)[C@H]1O. The summed E-state index contributed by atoms with van der Waals surface area (Å²) < 4.78 is 24.0. The molecule has 2 aliphatic heterocycles. The van der Waals surface area contributed by atoms with Crippen LogP contribution in [-0.4, -0.2) is 162 Å². The maximum atomic E-state index is 13.6. The van der Waals surface area contributed by atoms with Crippen LogP contribution in [0.3, 0.4) is 0 Å². The lowest BCUT2D eigenvalue weighted by Crippen LogP contribution is -2.69. The lowest BCUT2D eigenvalue weighted by molar-refractivity contribution is -0.345. The molecule has 4 saturated carbocycles. The Labute approximate surface area is 339 Å². The average molecular weight is 829 g/mol. The van der Waals surface area contributed by atoms with Crippen molar-refractivity contribution in [2.45, 2.75) is 173 Å². The van der Waals surface area contributed by atoms with E-state index in [0.717, 1.165) is 12.0 Å². The van der Waals surface area contributed by atoms with Crippen LogP contribution in [0.5, 0.6) is 0 Å². The number of carboxylic acid groups (broad SMARTS) is 1. The Balaban J connectivity index is 1.17. The fourth-order valence-electron chi connectivity index (χ4n) is 13.9. The van der Waals surface area contributed by atoms with Gasteiger partial charge in [-0.1, -0.05) is 53.2 Å². The van der Waals surface area contributed by atoms with E-state index in [0.29, 0.717) is 38.5 Å². The molecule has 0 amide bonds. The number of hydrogen-bond donors (Lipinski definition) is 11. The molecular weight excluding hydrogens is 760 g/mol. The molecule has 0 radical (unpaired) electrons. The van der Waals surface area contributed by atoms with Crippen LogP contribution in [0.15, 0.2) is 11.6 Å². The van der Waals surface area contributed by atoms with Gasteiger partial charge >= 0.3 is 5.97 Å². The molecule has 332 valence electrons. The van der Waals surface area contributed by atoms with Gasteiger partial charge in [-0.25, -0.2) is 0 Å². The van der Waals surface area contributed by atoms with Crippen LogP contribution in [0.2, 0.25) is 0 Å². The van der Waals surface area contributed by atoms with Gasteiger partial charge in [-0.05, 0) is 90.8 Å². The highest BCUT2D eigenvalue weighted by Crippen LogP contribution is 2.76. The van der Waals surface area contributed by atoms with Crippen LogP contribution in [0, 0.1) is 50.2 Å². The fraction of sp³-hybridized carbons (Fsp3) is 0.929. The van der Waals surface area contributed by atoms with E-state index in [2.05, 4.69) is 26.8 Å². The quantitative estimate of drug-likeness (QED) is 0.112. The van der Waals surface area contributed by atoms with Crippen molar-refractivity contribution in [3.8, 4) is 0 Å². The second-order valence-electron chi connectivity index (χ2n) is 20.7. The summed E-state index contributed by atoms with van der Waals surface area (Å²) >= 11 is 0. The number of ether oxygens (including phenoxy) is 4. The number of carbonyl (C=O) groups is 1. The van der Waals surface area contributed by atoms with Crippen molar-refractivity contribution in [1.29, 1.82) is 0 Å². The van der Waals surface area contributed by atoms with Crippen molar-refractivity contribution in [3.05, 3.63) is 11.6 Å². The molecule has 0 aromatic rings. The first-order chi connectivity index (χ1) is 27.0. The predicted octanol–water partition coefficient (Wildman–Crippen LogP) is -0.204. The van der Waals surface area contributed by atoms with Crippen LogP contribution in [0.1, 0.15) is 92.9 Å². The average Bonchev–Trinajstić information content (AvgIpc) is 3.16. The molecule has 11 N–H and O–H groups in total. The van der Waals surface area contributed by atoms with Gasteiger partial charge in [0.25, 0.3) is 0 Å². The molecule has 5 aliphatic carbocycles. The third-order valence-corrected chi connectivity index (χ3v) is 17.5. The Morgan fingerprint density at radius 3 is 1.83 bits per heavy atom. The number of hydrogen-bond acceptors (Lipinski definition) is 15. The molecule has 21 atom stereocenters. The van der Waals surface area contributed by atoms with Gasteiger partial charge in [0.1, 0.15) is 48.8 Å². The molecule has 0 spiro atoms. The number of aliphatic hydroxyl groups excluding tert-OH is 10. The first kappa shape index (κ1) is 44.7. The van der Waals surface area contributed by atoms with Crippen molar-refractivity contribution >= 4 is 5.97 Å². The van der Waals surface area contributed by atoms with E-state index in [1.54, 1.807) is 0 Å². The molecule has 7 aliphatic rings. The zero-order valence-corrected chi connectivity index (χ0v) is 34.6. The predicted molar refractivity (Wildman–Crippen MR) is 202 cm³/mol. The second-order valence-corrected chi connectivity index (χ2v) is 20.7. The number of aliphatic hydroxyl groups is 10. The Kier molecular flexibility index (Phi) is 11.7. The fourth-order valence-corrected chi connectivity index (χ4v) is 13.9. The van der Waals surface area contributed by atoms with Crippen molar-refractivity contribution in [2.24, 2.45) is 50.2 Å². The molecule has 7 rings (SSSR count). The highest BCUT2D eigenvalue weighted by Gasteiger charge is 2.72. The maximum absolute atomic E-state index is 13.6. The summed E-state index contributed by atoms with van der Waals surface area (Å²) in [5, 5.41) is 117. The normalized spacial score (nSPS) is 55.3. The molecule has 58 heavy (non-hydrogen) atoms. The minimum absolute atomic E-state index is 0.0254. The number of allylic oxidation sites excluding steroid dienone is 2. The number of rotatable bonds is 8. The molecule has 0 bridgehead atoms. The van der Waals surface area contributed by atoms with Crippen molar-refractivity contribution < 1.29 is 79.9 Å².